The molecule has 0 unspecified atom stereocenters. The van der Waals surface area contributed by atoms with Gasteiger partial charge in [-0.3, -0.25) is 0 Å². The predicted octanol–water partition coefficient (Wildman–Crippen LogP) is 6.28. The Bertz CT molecular complexity index is 671. The predicted molar refractivity (Wildman–Crippen MR) is 100 cm³/mol. The molecule has 24 heavy (non-hydrogen) atoms. The smallest absolute Gasteiger partial charge is 0.343 e. The number of unbranched alkanes of at least 4 members (excludes halogenated alkanes) is 3. The highest BCUT2D eigenvalue weighted by Gasteiger charge is 2.11. The van der Waals surface area contributed by atoms with Crippen molar-refractivity contribution in [1.82, 2.24) is 0 Å². The first kappa shape index (κ1) is 18.8. The van der Waals surface area contributed by atoms with Gasteiger partial charge in [-0.15, -0.1) is 0 Å². The minimum atomic E-state index is -0.424. The van der Waals surface area contributed by atoms with Crippen molar-refractivity contribution in [3.63, 3.8) is 0 Å². The van der Waals surface area contributed by atoms with Crippen molar-refractivity contribution in [2.24, 2.45) is 0 Å². The van der Waals surface area contributed by atoms with Crippen LogP contribution in [0.5, 0.6) is 11.5 Å². The number of esters is 1. The van der Waals surface area contributed by atoms with Crippen LogP contribution in [0.4, 0.5) is 0 Å². The molecule has 0 aliphatic heterocycles. The molecular formula is C19H20BrClO3. The average Bonchev–Trinajstić information content (AvgIpc) is 2.57. The van der Waals surface area contributed by atoms with Crippen LogP contribution in [-0.4, -0.2) is 12.6 Å². The van der Waals surface area contributed by atoms with Crippen molar-refractivity contribution in [1.29, 1.82) is 0 Å². The summed E-state index contributed by atoms with van der Waals surface area (Å²) in [4.78, 5) is 12.2. The van der Waals surface area contributed by atoms with Crippen LogP contribution in [0.1, 0.15) is 43.0 Å². The van der Waals surface area contributed by atoms with Crippen molar-refractivity contribution in [2.75, 3.05) is 6.61 Å². The number of hydrogen-bond donors (Lipinski definition) is 0. The van der Waals surface area contributed by atoms with Crippen molar-refractivity contribution in [3.05, 3.63) is 57.5 Å². The van der Waals surface area contributed by atoms with Gasteiger partial charge >= 0.3 is 5.97 Å². The summed E-state index contributed by atoms with van der Waals surface area (Å²) in [5, 5.41) is 0.571. The number of ether oxygens (including phenoxy) is 2. The SMILES string of the molecule is CCCCCCOc1ccc(C(=O)Oc2ccc(Cl)cc2Br)cc1. The fourth-order valence-electron chi connectivity index (χ4n) is 2.12. The normalized spacial score (nSPS) is 10.5. The lowest BCUT2D eigenvalue weighted by atomic mass is 10.2. The highest BCUT2D eigenvalue weighted by atomic mass is 79.9. The summed E-state index contributed by atoms with van der Waals surface area (Å²) in [7, 11) is 0. The minimum Gasteiger partial charge on any atom is -0.494 e. The molecule has 2 rings (SSSR count). The number of benzene rings is 2. The van der Waals surface area contributed by atoms with E-state index in [1.165, 1.54) is 19.3 Å². The molecule has 0 N–H and O–H groups in total. The van der Waals surface area contributed by atoms with E-state index in [4.69, 9.17) is 21.1 Å². The van der Waals surface area contributed by atoms with Crippen LogP contribution in [0, 0.1) is 0 Å². The fraction of sp³-hybridized carbons (Fsp3) is 0.316. The Morgan fingerprint density at radius 3 is 2.50 bits per heavy atom. The molecule has 0 spiro atoms. The largest absolute Gasteiger partial charge is 0.494 e. The molecule has 0 aromatic heterocycles. The van der Waals surface area contributed by atoms with Crippen LogP contribution in [-0.2, 0) is 0 Å². The number of carbonyl (C=O) groups is 1. The highest BCUT2D eigenvalue weighted by Crippen LogP contribution is 2.28. The Labute approximate surface area is 156 Å². The van der Waals surface area contributed by atoms with Crippen LogP contribution in [0.2, 0.25) is 5.02 Å². The van der Waals surface area contributed by atoms with Gasteiger partial charge < -0.3 is 9.47 Å². The number of carbonyl (C=O) groups excluding carboxylic acids is 1. The van der Waals surface area contributed by atoms with Gasteiger partial charge in [0, 0.05) is 5.02 Å². The number of hydrogen-bond acceptors (Lipinski definition) is 3. The number of halogens is 2. The van der Waals surface area contributed by atoms with Crippen LogP contribution >= 0.6 is 27.5 Å². The second kappa shape index (κ2) is 9.70. The van der Waals surface area contributed by atoms with E-state index in [9.17, 15) is 4.79 Å². The summed E-state index contributed by atoms with van der Waals surface area (Å²) >= 11 is 9.20. The van der Waals surface area contributed by atoms with Gasteiger partial charge in [0.25, 0.3) is 0 Å². The summed E-state index contributed by atoms with van der Waals surface area (Å²) in [6.45, 7) is 2.88. The zero-order valence-electron chi connectivity index (χ0n) is 13.6. The molecule has 0 saturated carbocycles. The van der Waals surface area contributed by atoms with E-state index >= 15 is 0 Å². The van der Waals surface area contributed by atoms with Crippen molar-refractivity contribution in [2.45, 2.75) is 32.6 Å². The maximum atomic E-state index is 12.2. The van der Waals surface area contributed by atoms with E-state index in [0.717, 1.165) is 12.2 Å². The van der Waals surface area contributed by atoms with Crippen LogP contribution < -0.4 is 9.47 Å². The molecule has 0 heterocycles. The quantitative estimate of drug-likeness (QED) is 0.291. The lowest BCUT2D eigenvalue weighted by molar-refractivity contribution is 0.0733. The first-order valence-electron chi connectivity index (χ1n) is 8.00. The zero-order chi connectivity index (χ0) is 17.4. The van der Waals surface area contributed by atoms with E-state index in [1.54, 1.807) is 42.5 Å². The molecule has 0 aliphatic carbocycles. The Morgan fingerprint density at radius 2 is 1.83 bits per heavy atom. The van der Waals surface area contributed by atoms with E-state index in [-0.39, 0.29) is 0 Å². The molecule has 0 bridgehead atoms. The Kier molecular flexibility index (Phi) is 7.60. The van der Waals surface area contributed by atoms with Crippen molar-refractivity contribution < 1.29 is 14.3 Å². The molecule has 0 aliphatic rings. The van der Waals surface area contributed by atoms with Gasteiger partial charge in [-0.05, 0) is 64.8 Å². The first-order valence-corrected chi connectivity index (χ1v) is 9.17. The zero-order valence-corrected chi connectivity index (χ0v) is 15.9. The Morgan fingerprint density at radius 1 is 1.08 bits per heavy atom. The molecule has 0 atom stereocenters. The van der Waals surface area contributed by atoms with Crippen LogP contribution in [0.15, 0.2) is 46.9 Å². The van der Waals surface area contributed by atoms with E-state index in [2.05, 4.69) is 22.9 Å². The van der Waals surface area contributed by atoms with Gasteiger partial charge in [-0.1, -0.05) is 37.8 Å². The maximum Gasteiger partial charge on any atom is 0.343 e. The van der Waals surface area contributed by atoms with Crippen molar-refractivity contribution >= 4 is 33.5 Å². The highest BCUT2D eigenvalue weighted by molar-refractivity contribution is 9.10. The van der Waals surface area contributed by atoms with Crippen molar-refractivity contribution in [3.8, 4) is 11.5 Å². The topological polar surface area (TPSA) is 35.5 Å². The van der Waals surface area contributed by atoms with Gasteiger partial charge in [-0.2, -0.15) is 0 Å². The standard InChI is InChI=1S/C19H20BrClO3/c1-2-3-4-5-12-23-16-9-6-14(7-10-16)19(22)24-18-11-8-15(21)13-17(18)20/h6-11,13H,2-5,12H2,1H3. The second-order valence-corrected chi connectivity index (χ2v) is 6.69. The van der Waals surface area contributed by atoms with Gasteiger partial charge in [0.2, 0.25) is 0 Å². The lowest BCUT2D eigenvalue weighted by Crippen LogP contribution is -2.08. The van der Waals surface area contributed by atoms with Gasteiger partial charge in [0.05, 0.1) is 16.6 Å². The van der Waals surface area contributed by atoms with Crippen LogP contribution in [0.25, 0.3) is 0 Å². The maximum absolute atomic E-state index is 12.2. The minimum absolute atomic E-state index is 0.424. The molecule has 2 aromatic rings. The van der Waals surface area contributed by atoms with Gasteiger partial charge in [0.1, 0.15) is 11.5 Å². The van der Waals surface area contributed by atoms with Gasteiger partial charge in [-0.25, -0.2) is 4.79 Å². The molecule has 5 heteroatoms. The molecule has 2 aromatic carbocycles. The van der Waals surface area contributed by atoms with E-state index < -0.39 is 5.97 Å². The summed E-state index contributed by atoms with van der Waals surface area (Å²) in [6.07, 6.45) is 4.66. The third-order valence-electron chi connectivity index (χ3n) is 3.45. The first-order chi connectivity index (χ1) is 11.6. The molecule has 0 radical (unpaired) electrons. The third-order valence-corrected chi connectivity index (χ3v) is 4.31. The molecule has 0 amide bonds. The van der Waals surface area contributed by atoms with E-state index in [1.807, 2.05) is 0 Å². The fourth-order valence-corrected chi connectivity index (χ4v) is 2.89. The summed E-state index contributed by atoms with van der Waals surface area (Å²) in [5.41, 5.74) is 0.468. The monoisotopic (exact) mass is 410 g/mol. The number of rotatable bonds is 8. The molecular weight excluding hydrogens is 392 g/mol. The second-order valence-electron chi connectivity index (χ2n) is 5.40. The molecule has 3 nitrogen and oxygen atoms in total. The summed E-state index contributed by atoms with van der Waals surface area (Å²) < 4.78 is 11.7. The molecule has 0 saturated heterocycles. The lowest BCUT2D eigenvalue weighted by Gasteiger charge is -2.08. The van der Waals surface area contributed by atoms with Gasteiger partial charge in [0.15, 0.2) is 0 Å². The summed E-state index contributed by atoms with van der Waals surface area (Å²) in [5.74, 6) is 0.767. The summed E-state index contributed by atoms with van der Waals surface area (Å²) in [6, 6.07) is 12.0. The average molecular weight is 412 g/mol. The Hall–Kier alpha value is -1.52. The Balaban J connectivity index is 1.89. The molecule has 0 fully saturated rings. The molecule has 128 valence electrons. The van der Waals surface area contributed by atoms with E-state index in [0.29, 0.717) is 27.4 Å². The third kappa shape index (κ3) is 5.84. The van der Waals surface area contributed by atoms with Crippen LogP contribution in [0.3, 0.4) is 0 Å².